The number of nitrogens with two attached hydrogens (primary N) is 1. The highest BCUT2D eigenvalue weighted by Crippen LogP contribution is 2.20. The molecule has 0 aromatic heterocycles. The van der Waals surface area contributed by atoms with Crippen LogP contribution in [0.4, 0.5) is 13.2 Å². The molecule has 2 aromatic carbocycles. The number of carbonyl (C=O) groups excluding carboxylic acids is 1. The van der Waals surface area contributed by atoms with Gasteiger partial charge in [0.2, 0.25) is 15.9 Å². The molecule has 0 radical (unpaired) electrons. The fraction of sp³-hybridized carbons (Fsp3) is 0.133. The maximum absolute atomic E-state index is 13.7. The van der Waals surface area contributed by atoms with Gasteiger partial charge in [0.1, 0.15) is 10.9 Å². The van der Waals surface area contributed by atoms with Crippen LogP contribution in [0.2, 0.25) is 0 Å². The van der Waals surface area contributed by atoms with Gasteiger partial charge in [0.05, 0.1) is 0 Å². The quantitative estimate of drug-likeness (QED) is 0.767. The summed E-state index contributed by atoms with van der Waals surface area (Å²) in [5.74, 6) is -6.31. The van der Waals surface area contributed by atoms with E-state index < -0.39 is 44.3 Å². The standard InChI is InChI=1S/C15H13F3N2O3S/c16-10-6-7-12(14(18)13(10)17)24(22,23)20-11(15(19)21)8-9-4-2-1-3-5-9/h1-7,11,20H,8H2,(H2,19,21)/t11-/m0/s1. The second kappa shape index (κ2) is 7.02. The second-order valence-electron chi connectivity index (χ2n) is 4.94. The molecule has 5 nitrogen and oxygen atoms in total. The largest absolute Gasteiger partial charge is 0.368 e. The van der Waals surface area contributed by atoms with Gasteiger partial charge in [-0.15, -0.1) is 0 Å². The number of sulfonamides is 1. The van der Waals surface area contributed by atoms with E-state index in [0.29, 0.717) is 17.7 Å². The van der Waals surface area contributed by atoms with E-state index in [0.717, 1.165) is 0 Å². The average molecular weight is 358 g/mol. The van der Waals surface area contributed by atoms with Gasteiger partial charge in [-0.2, -0.15) is 4.72 Å². The van der Waals surface area contributed by atoms with Crippen LogP contribution in [0.5, 0.6) is 0 Å². The van der Waals surface area contributed by atoms with Crippen LogP contribution in [-0.4, -0.2) is 20.4 Å². The van der Waals surface area contributed by atoms with Crippen molar-refractivity contribution >= 4 is 15.9 Å². The molecule has 0 aliphatic heterocycles. The first kappa shape index (κ1) is 18.0. The molecule has 0 aliphatic rings. The first-order valence-corrected chi connectivity index (χ1v) is 8.20. The van der Waals surface area contributed by atoms with Crippen LogP contribution in [-0.2, 0) is 21.2 Å². The number of hydrogen-bond acceptors (Lipinski definition) is 3. The topological polar surface area (TPSA) is 89.3 Å². The van der Waals surface area contributed by atoms with Crippen molar-refractivity contribution in [2.24, 2.45) is 5.73 Å². The van der Waals surface area contributed by atoms with Gasteiger partial charge in [-0.25, -0.2) is 21.6 Å². The summed E-state index contributed by atoms with van der Waals surface area (Å²) in [4.78, 5) is 10.4. The third kappa shape index (κ3) is 3.92. The summed E-state index contributed by atoms with van der Waals surface area (Å²) in [6.45, 7) is 0. The number of primary amides is 1. The number of carbonyl (C=O) groups is 1. The van der Waals surface area contributed by atoms with Crippen molar-refractivity contribution in [1.29, 1.82) is 0 Å². The van der Waals surface area contributed by atoms with Gasteiger partial charge < -0.3 is 5.73 Å². The van der Waals surface area contributed by atoms with Crippen molar-refractivity contribution in [2.45, 2.75) is 17.4 Å². The molecular weight excluding hydrogens is 345 g/mol. The Labute approximate surface area is 136 Å². The zero-order valence-electron chi connectivity index (χ0n) is 12.2. The fourth-order valence-corrected chi connectivity index (χ4v) is 3.29. The minimum Gasteiger partial charge on any atom is -0.368 e. The molecule has 0 bridgehead atoms. The Bertz CT molecular complexity index is 858. The molecule has 9 heteroatoms. The number of benzene rings is 2. The third-order valence-electron chi connectivity index (χ3n) is 3.21. The Morgan fingerprint density at radius 1 is 1.04 bits per heavy atom. The molecule has 2 aromatic rings. The lowest BCUT2D eigenvalue weighted by Gasteiger charge is -2.16. The number of nitrogens with one attached hydrogen (secondary N) is 1. The number of rotatable bonds is 6. The molecule has 0 heterocycles. The molecule has 0 aliphatic carbocycles. The zero-order valence-corrected chi connectivity index (χ0v) is 13.0. The molecule has 1 amide bonds. The SMILES string of the molecule is NC(=O)[C@H](Cc1ccccc1)NS(=O)(=O)c1ccc(F)c(F)c1F. The summed E-state index contributed by atoms with van der Waals surface area (Å²) in [5.41, 5.74) is 5.77. The van der Waals surface area contributed by atoms with Gasteiger partial charge in [-0.3, -0.25) is 4.79 Å². The lowest BCUT2D eigenvalue weighted by Crippen LogP contribution is -2.46. The highest BCUT2D eigenvalue weighted by Gasteiger charge is 2.28. The number of halogens is 3. The van der Waals surface area contributed by atoms with E-state index in [1.807, 2.05) is 4.72 Å². The number of hydrogen-bond donors (Lipinski definition) is 2. The van der Waals surface area contributed by atoms with Crippen molar-refractivity contribution in [2.75, 3.05) is 0 Å². The molecule has 24 heavy (non-hydrogen) atoms. The van der Waals surface area contributed by atoms with E-state index in [9.17, 15) is 26.4 Å². The fourth-order valence-electron chi connectivity index (χ4n) is 2.02. The summed E-state index contributed by atoms with van der Waals surface area (Å²) in [7, 11) is -4.63. The van der Waals surface area contributed by atoms with E-state index in [1.165, 1.54) is 0 Å². The van der Waals surface area contributed by atoms with Crippen LogP contribution >= 0.6 is 0 Å². The lowest BCUT2D eigenvalue weighted by molar-refractivity contribution is -0.119. The molecule has 3 N–H and O–H groups in total. The van der Waals surface area contributed by atoms with E-state index in [1.54, 1.807) is 30.3 Å². The third-order valence-corrected chi connectivity index (χ3v) is 4.70. The maximum Gasteiger partial charge on any atom is 0.244 e. The Morgan fingerprint density at radius 2 is 1.67 bits per heavy atom. The smallest absolute Gasteiger partial charge is 0.244 e. The van der Waals surface area contributed by atoms with Crippen LogP contribution in [0, 0.1) is 17.5 Å². The van der Waals surface area contributed by atoms with E-state index in [2.05, 4.69) is 0 Å². The van der Waals surface area contributed by atoms with Gasteiger partial charge in [-0.1, -0.05) is 30.3 Å². The van der Waals surface area contributed by atoms with Crippen molar-refractivity contribution in [3.05, 3.63) is 65.5 Å². The summed E-state index contributed by atoms with van der Waals surface area (Å²) in [6, 6.07) is 8.02. The van der Waals surface area contributed by atoms with Gasteiger partial charge in [0.25, 0.3) is 0 Å². The molecule has 0 saturated heterocycles. The van der Waals surface area contributed by atoms with Crippen molar-refractivity contribution in [3.8, 4) is 0 Å². The van der Waals surface area contributed by atoms with Gasteiger partial charge in [0.15, 0.2) is 17.5 Å². The molecule has 0 saturated carbocycles. The Hall–Kier alpha value is -2.39. The van der Waals surface area contributed by atoms with Gasteiger partial charge in [-0.05, 0) is 24.1 Å². The molecule has 0 unspecified atom stereocenters. The van der Waals surface area contributed by atoms with Crippen LogP contribution in [0.25, 0.3) is 0 Å². The maximum atomic E-state index is 13.7. The number of amides is 1. The van der Waals surface area contributed by atoms with Crippen LogP contribution in [0.3, 0.4) is 0 Å². The predicted molar refractivity (Wildman–Crippen MR) is 79.8 cm³/mol. The van der Waals surface area contributed by atoms with Crippen molar-refractivity contribution in [3.63, 3.8) is 0 Å². The Morgan fingerprint density at radius 3 is 2.25 bits per heavy atom. The summed E-state index contributed by atoms with van der Waals surface area (Å²) in [5, 5.41) is 0. The average Bonchev–Trinajstić information content (AvgIpc) is 2.52. The molecule has 128 valence electrons. The van der Waals surface area contributed by atoms with Gasteiger partial charge in [0, 0.05) is 0 Å². The minimum absolute atomic E-state index is 0.0826. The predicted octanol–water partition coefficient (Wildman–Crippen LogP) is 1.48. The molecule has 2 rings (SSSR count). The first-order valence-electron chi connectivity index (χ1n) is 6.71. The van der Waals surface area contributed by atoms with E-state index >= 15 is 0 Å². The summed E-state index contributed by atoms with van der Waals surface area (Å²) in [6.07, 6.45) is -0.0826. The minimum atomic E-state index is -4.63. The summed E-state index contributed by atoms with van der Waals surface area (Å²) >= 11 is 0. The monoisotopic (exact) mass is 358 g/mol. The molecule has 1 atom stereocenters. The second-order valence-corrected chi connectivity index (χ2v) is 6.62. The van der Waals surface area contributed by atoms with Crippen molar-refractivity contribution < 1.29 is 26.4 Å². The normalized spacial score (nSPS) is 12.8. The van der Waals surface area contributed by atoms with Crippen LogP contribution in [0.15, 0.2) is 47.4 Å². The highest BCUT2D eigenvalue weighted by molar-refractivity contribution is 7.89. The molecule has 0 fully saturated rings. The van der Waals surface area contributed by atoms with E-state index in [4.69, 9.17) is 5.73 Å². The molecule has 0 spiro atoms. The Balaban J connectivity index is 2.31. The first-order chi connectivity index (χ1) is 11.2. The van der Waals surface area contributed by atoms with Crippen LogP contribution in [0.1, 0.15) is 5.56 Å². The zero-order chi connectivity index (χ0) is 17.9. The van der Waals surface area contributed by atoms with Gasteiger partial charge >= 0.3 is 0 Å². The highest BCUT2D eigenvalue weighted by atomic mass is 32.2. The van der Waals surface area contributed by atoms with Crippen molar-refractivity contribution in [1.82, 2.24) is 4.72 Å². The Kier molecular flexibility index (Phi) is 5.25. The molecular formula is C15H13F3N2O3S. The lowest BCUT2D eigenvalue weighted by atomic mass is 10.1. The summed E-state index contributed by atoms with van der Waals surface area (Å²) < 4.78 is 66.1. The van der Waals surface area contributed by atoms with E-state index in [-0.39, 0.29) is 6.42 Å². The van der Waals surface area contributed by atoms with Crippen LogP contribution < -0.4 is 10.5 Å².